The molecule has 10 aromatic carbocycles. The van der Waals surface area contributed by atoms with Gasteiger partial charge in [-0.15, -0.1) is 0 Å². The molecule has 2 heterocycles. The molecular formula is C89H69N9O5. The molecule has 4 aliphatic rings. The highest BCUT2D eigenvalue weighted by Crippen LogP contribution is 2.38. The third-order valence-electron chi connectivity index (χ3n) is 16.9. The molecule has 0 bridgehead atoms. The Morgan fingerprint density at radius 1 is 0.505 bits per heavy atom. The van der Waals surface area contributed by atoms with Crippen molar-refractivity contribution in [3.63, 3.8) is 0 Å². The van der Waals surface area contributed by atoms with E-state index in [0.29, 0.717) is 44.9 Å². The second kappa shape index (κ2) is 33.4. The van der Waals surface area contributed by atoms with Crippen LogP contribution in [0.2, 0.25) is 0 Å². The molecule has 2 aliphatic carbocycles. The van der Waals surface area contributed by atoms with Crippen molar-refractivity contribution in [1.82, 2.24) is 4.98 Å². The van der Waals surface area contributed by atoms with Gasteiger partial charge in [0.25, 0.3) is 5.70 Å². The van der Waals surface area contributed by atoms with E-state index in [1.807, 2.05) is 231 Å². The first-order valence-corrected chi connectivity index (χ1v) is 33.3. The molecule has 0 aromatic heterocycles. The van der Waals surface area contributed by atoms with Crippen molar-refractivity contribution in [3.05, 3.63) is 369 Å². The summed E-state index contributed by atoms with van der Waals surface area (Å²) in [5, 5.41) is 28.2. The molecule has 0 saturated heterocycles. The molecule has 103 heavy (non-hydrogen) atoms. The van der Waals surface area contributed by atoms with Crippen LogP contribution < -0.4 is 25.0 Å². The maximum Gasteiger partial charge on any atom is 0.269 e. The summed E-state index contributed by atoms with van der Waals surface area (Å²) in [6.07, 6.45) is 10.4. The number of carbonyl (C=O) groups is 2. The molecule has 14 heteroatoms. The van der Waals surface area contributed by atoms with Crippen molar-refractivity contribution in [3.8, 4) is 29.7 Å². The summed E-state index contributed by atoms with van der Waals surface area (Å²) >= 11 is 0. The van der Waals surface area contributed by atoms with Crippen LogP contribution in [0.15, 0.2) is 328 Å². The Morgan fingerprint density at radius 2 is 0.961 bits per heavy atom. The highest BCUT2D eigenvalue weighted by Gasteiger charge is 2.32. The van der Waals surface area contributed by atoms with E-state index in [9.17, 15) is 14.4 Å². The number of para-hydroxylation sites is 4. The predicted octanol–water partition coefficient (Wildman–Crippen LogP) is 20.8. The van der Waals surface area contributed by atoms with Crippen molar-refractivity contribution >= 4 is 97.2 Å². The van der Waals surface area contributed by atoms with Gasteiger partial charge < -0.3 is 28.8 Å². The topological polar surface area (TPSA) is 175 Å². The molecule has 2 aliphatic heterocycles. The molecule has 500 valence electrons. The van der Waals surface area contributed by atoms with Crippen LogP contribution >= 0.6 is 0 Å². The summed E-state index contributed by atoms with van der Waals surface area (Å²) in [4.78, 5) is 54.2. The van der Waals surface area contributed by atoms with Crippen molar-refractivity contribution in [2.24, 2.45) is 0 Å². The number of Topliss-reactive ketones (excluding diaryl/α,β-unsaturated/α-hetero) is 2. The average molecular weight is 1340 g/mol. The largest absolute Gasteiger partial charge is 0.462 e. The van der Waals surface area contributed by atoms with E-state index in [2.05, 4.69) is 88.0 Å². The van der Waals surface area contributed by atoms with Crippen LogP contribution in [-0.2, 0) is 4.74 Å². The van der Waals surface area contributed by atoms with Crippen LogP contribution in [0.5, 0.6) is 0 Å². The van der Waals surface area contributed by atoms with Gasteiger partial charge in [-0.05, 0) is 170 Å². The molecule has 14 rings (SSSR count). The summed E-state index contributed by atoms with van der Waals surface area (Å²) in [6.45, 7) is 14.9. The summed E-state index contributed by atoms with van der Waals surface area (Å²) in [5.41, 5.74) is 15.2. The zero-order valence-corrected chi connectivity index (χ0v) is 57.3. The van der Waals surface area contributed by atoms with Crippen LogP contribution in [0.1, 0.15) is 58.2 Å². The average Bonchev–Trinajstić information content (AvgIpc) is 1.77. The molecule has 0 atom stereocenters. The zero-order chi connectivity index (χ0) is 72.2. The Bertz CT molecular complexity index is 5310. The molecular weight excluding hydrogens is 1280 g/mol. The number of hydrogen-bond acceptors (Lipinski definition) is 13. The van der Waals surface area contributed by atoms with Crippen molar-refractivity contribution in [2.45, 2.75) is 20.8 Å². The lowest BCUT2D eigenvalue weighted by molar-refractivity contribution is 0.0990. The molecule has 0 unspecified atom stereocenters. The number of allylic oxidation sites excluding steroid dienone is 8. The quantitative estimate of drug-likeness (QED) is 0.0251. The molecule has 0 fully saturated rings. The first kappa shape index (κ1) is 70.1. The minimum atomic E-state index is -0.208. The number of nitriles is 3. The zero-order valence-electron chi connectivity index (χ0n) is 57.3. The molecule has 0 amide bonds. The number of carbonyl (C=O) groups excluding carboxylic acids is 2. The fourth-order valence-corrected chi connectivity index (χ4v) is 11.8. The van der Waals surface area contributed by atoms with E-state index in [4.69, 9.17) is 36.5 Å². The number of fused-ring (bicyclic) bond motifs is 5. The van der Waals surface area contributed by atoms with Gasteiger partial charge in [0.15, 0.2) is 28.3 Å². The van der Waals surface area contributed by atoms with Gasteiger partial charge in [0.05, 0.1) is 18.2 Å². The summed E-state index contributed by atoms with van der Waals surface area (Å²) in [7, 11) is 4.00. The van der Waals surface area contributed by atoms with Crippen molar-refractivity contribution in [2.75, 3.05) is 46.8 Å². The third kappa shape index (κ3) is 16.9. The van der Waals surface area contributed by atoms with Crippen molar-refractivity contribution in [1.29, 1.82) is 15.8 Å². The molecule has 0 N–H and O–H groups in total. The Labute approximate surface area is 599 Å². The molecule has 0 spiro atoms. The maximum absolute atomic E-state index is 12.7. The lowest BCUT2D eigenvalue weighted by atomic mass is 10.0. The van der Waals surface area contributed by atoms with Gasteiger partial charge >= 0.3 is 0 Å². The monoisotopic (exact) mass is 1340 g/mol. The minimum absolute atomic E-state index is 0.0390. The minimum Gasteiger partial charge on any atom is -0.462 e. The van der Waals surface area contributed by atoms with Gasteiger partial charge in [-0.2, -0.15) is 10.5 Å². The lowest BCUT2D eigenvalue weighted by Crippen LogP contribution is -2.21. The fourth-order valence-electron chi connectivity index (χ4n) is 11.8. The number of nitrogens with zero attached hydrogens (tertiary/aromatic N) is 9. The number of ether oxygens (including phenoxy) is 1. The first-order chi connectivity index (χ1) is 50.3. The highest BCUT2D eigenvalue weighted by molar-refractivity contribution is 6.41. The number of benzene rings is 11. The third-order valence-corrected chi connectivity index (χ3v) is 16.9. The standard InChI is InChI=1S/C28H19NO2.C22H15N3.C20H18N2O2.C19H17N3O/c30-27-24-13-7-8-14-25(24)28(31)26(27)19-20-15-17-23(18-16-20)29(21-9-3-1-4-10-21)22-11-5-2-6-12-22;23-16-19(17-24)15-18-11-13-22(14-12-18)25(20-7-3-1-4-8-20)21-9-5-2-6-10-21;1-3-22(4-2)13-9-10-16-18(11-13)24-19-12-17(23)14-7-5-6-8-15(14)20(19)21-16;1-14-11-16(19(13-20)21-2)12-18(23-14)10-7-15-5-8-17(9-6-15)22(3)4/h1-19H;1-15H;5-12H,3-4H2,1-2H3;5-12H,1,3-4H3/b;;;10-7?,19-16+. The van der Waals surface area contributed by atoms with E-state index in [1.54, 1.807) is 55.5 Å². The molecule has 10 aromatic rings. The van der Waals surface area contributed by atoms with Crippen LogP contribution in [0.25, 0.3) is 56.4 Å². The Hall–Kier alpha value is -14.2. The van der Waals surface area contributed by atoms with E-state index in [1.165, 1.54) is 6.07 Å². The highest BCUT2D eigenvalue weighted by atomic mass is 16.5. The van der Waals surface area contributed by atoms with Crippen LogP contribution in [0, 0.1) is 40.6 Å². The molecule has 0 radical (unpaired) electrons. The number of aromatic nitrogens is 1. The van der Waals surface area contributed by atoms with Gasteiger partial charge in [0, 0.05) is 107 Å². The number of rotatable bonds is 14. The Balaban J connectivity index is 0.000000139. The van der Waals surface area contributed by atoms with Gasteiger partial charge in [-0.25, -0.2) is 15.1 Å². The number of anilines is 8. The number of hydrogen-bond donors (Lipinski definition) is 0. The van der Waals surface area contributed by atoms with Crippen LogP contribution in [0.3, 0.4) is 0 Å². The van der Waals surface area contributed by atoms with Gasteiger partial charge in [0.2, 0.25) is 0 Å². The Morgan fingerprint density at radius 3 is 1.45 bits per heavy atom. The number of ketones is 2. The van der Waals surface area contributed by atoms with Crippen LogP contribution in [0.4, 0.5) is 45.5 Å². The van der Waals surface area contributed by atoms with Crippen LogP contribution in [-0.4, -0.2) is 43.7 Å². The first-order valence-electron chi connectivity index (χ1n) is 33.3. The van der Waals surface area contributed by atoms with E-state index < -0.39 is 0 Å². The Kier molecular flexibility index (Phi) is 22.7. The van der Waals surface area contributed by atoms with Gasteiger partial charge in [-0.1, -0.05) is 164 Å². The normalized spacial score (nSPS) is 12.3. The predicted molar refractivity (Wildman–Crippen MR) is 414 cm³/mol. The fraction of sp³-hybridized carbons (Fsp3) is 0.0787. The second-order valence-electron chi connectivity index (χ2n) is 23.8. The van der Waals surface area contributed by atoms with Gasteiger partial charge in [-0.3, -0.25) is 14.4 Å². The summed E-state index contributed by atoms with van der Waals surface area (Å²) < 4.78 is 11.6. The van der Waals surface area contributed by atoms with E-state index in [-0.39, 0.29) is 33.8 Å². The second-order valence-corrected chi connectivity index (χ2v) is 23.8. The molecule has 0 saturated carbocycles. The lowest BCUT2D eigenvalue weighted by Gasteiger charge is -2.25. The summed E-state index contributed by atoms with van der Waals surface area (Å²) in [6, 6.07) is 92.1. The van der Waals surface area contributed by atoms with Gasteiger partial charge in [0.1, 0.15) is 40.4 Å². The SMILES string of the molecule is CCN(CC)c1ccc2nc3c4ccccc4c(=O)cc-3oc2c1.N#CC(C#N)=Cc1ccc(N(c2ccccc2)c2ccccc2)cc1.O=C1C(=Cc2ccc(N(c3ccccc3)c3ccccc3)cc2)C(=O)c2ccccc21.[C-]#[N+]/C(C#N)=C1\C=C(C)OC(C=Cc2ccc(N(C)C)cc2)=C1. The van der Waals surface area contributed by atoms with Crippen molar-refractivity contribution < 1.29 is 18.7 Å². The maximum atomic E-state index is 12.7. The van der Waals surface area contributed by atoms with E-state index in [0.717, 1.165) is 91.9 Å². The summed E-state index contributed by atoms with van der Waals surface area (Å²) in [5.74, 6) is 1.37. The molecule has 14 nitrogen and oxygen atoms in total. The van der Waals surface area contributed by atoms with E-state index >= 15 is 0 Å². The smallest absolute Gasteiger partial charge is 0.269 e.